The van der Waals surface area contributed by atoms with Crippen LogP contribution in [-0.2, 0) is 44.6 Å². The van der Waals surface area contributed by atoms with Crippen molar-refractivity contribution in [3.63, 3.8) is 0 Å². The predicted octanol–water partition coefficient (Wildman–Crippen LogP) is 1.54. The first kappa shape index (κ1) is 24.3. The standard InChI is InChI=1S/C19H22N2O2.CH4O.Y/c1-6-19-17(9-13(3)20-14(4)22)18(11-21(19)5)15-7-12(2)8-16(23)10-15;1-2;/h6-11,23H,3H2,1-2,4-5H3,(H,20,22);2H,1H3;/b17-9-,19-6+;;. The van der Waals surface area contributed by atoms with Crippen molar-refractivity contribution >= 4 is 18.1 Å². The summed E-state index contributed by atoms with van der Waals surface area (Å²) < 4.78 is 2.02. The second kappa shape index (κ2) is 11.1. The molecule has 0 bridgehead atoms. The number of hydrogen-bond acceptors (Lipinski definition) is 3. The van der Waals surface area contributed by atoms with Crippen LogP contribution in [0.2, 0.25) is 0 Å². The maximum absolute atomic E-state index is 11.2. The minimum absolute atomic E-state index is 0. The number of amides is 1. The van der Waals surface area contributed by atoms with E-state index in [1.165, 1.54) is 6.92 Å². The molecule has 5 nitrogen and oxygen atoms in total. The van der Waals surface area contributed by atoms with E-state index in [1.54, 1.807) is 12.1 Å². The van der Waals surface area contributed by atoms with E-state index in [2.05, 4.69) is 11.9 Å². The van der Waals surface area contributed by atoms with Gasteiger partial charge in [-0.2, -0.15) is 0 Å². The summed E-state index contributed by atoms with van der Waals surface area (Å²) in [6.07, 6.45) is 5.87. The molecule has 1 aromatic carbocycles. The van der Waals surface area contributed by atoms with E-state index in [0.717, 1.165) is 34.4 Å². The van der Waals surface area contributed by atoms with E-state index in [1.807, 2.05) is 49.9 Å². The molecule has 1 radical (unpaired) electrons. The van der Waals surface area contributed by atoms with Crippen LogP contribution >= 0.6 is 0 Å². The molecule has 137 valence electrons. The Labute approximate surface area is 179 Å². The number of aromatic hydroxyl groups is 1. The van der Waals surface area contributed by atoms with Crippen molar-refractivity contribution in [3.8, 4) is 16.9 Å². The Kier molecular flexibility index (Phi) is 10.4. The first-order valence-corrected chi connectivity index (χ1v) is 7.87. The van der Waals surface area contributed by atoms with Crippen LogP contribution in [0, 0.1) is 6.92 Å². The Balaban J connectivity index is 0.00000201. The number of nitrogens with one attached hydrogen (secondary N) is 1. The van der Waals surface area contributed by atoms with Gasteiger partial charge in [0, 0.05) is 81.8 Å². The van der Waals surface area contributed by atoms with Gasteiger partial charge in [0.15, 0.2) is 0 Å². The zero-order valence-corrected chi connectivity index (χ0v) is 18.8. The number of carbonyl (C=O) groups excluding carboxylic acids is 1. The van der Waals surface area contributed by atoms with E-state index in [0.29, 0.717) is 5.70 Å². The van der Waals surface area contributed by atoms with E-state index in [9.17, 15) is 9.90 Å². The Bertz CT molecular complexity index is 878. The second-order valence-electron chi connectivity index (χ2n) is 5.65. The molecule has 1 heterocycles. The van der Waals surface area contributed by atoms with Crippen LogP contribution in [-0.4, -0.2) is 27.8 Å². The molecular formula is C20H26N2O3Y. The minimum atomic E-state index is -0.154. The van der Waals surface area contributed by atoms with Crippen LogP contribution in [0.25, 0.3) is 23.3 Å². The molecule has 2 aromatic rings. The van der Waals surface area contributed by atoms with Crippen LogP contribution in [0.3, 0.4) is 0 Å². The van der Waals surface area contributed by atoms with E-state index in [4.69, 9.17) is 5.11 Å². The van der Waals surface area contributed by atoms with E-state index >= 15 is 0 Å². The van der Waals surface area contributed by atoms with Gasteiger partial charge in [-0.1, -0.05) is 18.7 Å². The van der Waals surface area contributed by atoms with Crippen molar-refractivity contribution in [2.75, 3.05) is 7.11 Å². The van der Waals surface area contributed by atoms with E-state index < -0.39 is 0 Å². The van der Waals surface area contributed by atoms with Gasteiger partial charge in [0.1, 0.15) is 5.75 Å². The van der Waals surface area contributed by atoms with Crippen LogP contribution < -0.4 is 15.9 Å². The molecule has 0 spiro atoms. The van der Waals surface area contributed by atoms with Crippen molar-refractivity contribution in [3.05, 3.63) is 52.8 Å². The molecule has 26 heavy (non-hydrogen) atoms. The number of hydrogen-bond donors (Lipinski definition) is 3. The van der Waals surface area contributed by atoms with Crippen molar-refractivity contribution in [2.24, 2.45) is 7.05 Å². The fraction of sp³-hybridized carbons (Fsp3) is 0.250. The number of phenols is 1. The molecule has 0 atom stereocenters. The summed E-state index contributed by atoms with van der Waals surface area (Å²) in [7, 11) is 2.97. The van der Waals surface area contributed by atoms with Gasteiger partial charge in [-0.3, -0.25) is 4.79 Å². The summed E-state index contributed by atoms with van der Waals surface area (Å²) >= 11 is 0. The smallest absolute Gasteiger partial charge is 0.221 e. The summed E-state index contributed by atoms with van der Waals surface area (Å²) in [5.41, 5.74) is 3.42. The van der Waals surface area contributed by atoms with Crippen molar-refractivity contribution in [2.45, 2.75) is 20.8 Å². The molecule has 0 unspecified atom stereocenters. The normalized spacial score (nSPS) is 11.3. The third kappa shape index (κ3) is 6.24. The quantitative estimate of drug-likeness (QED) is 0.691. The summed E-state index contributed by atoms with van der Waals surface area (Å²) in [6.45, 7) is 9.25. The first-order chi connectivity index (χ1) is 11.8. The van der Waals surface area contributed by atoms with Crippen LogP contribution in [0.1, 0.15) is 19.4 Å². The number of phenolic OH excluding ortho intramolecular Hbond substituents is 1. The number of rotatable bonds is 3. The van der Waals surface area contributed by atoms with Crippen molar-refractivity contribution < 1.29 is 47.7 Å². The minimum Gasteiger partial charge on any atom is -0.508 e. The van der Waals surface area contributed by atoms with Crippen LogP contribution in [0.4, 0.5) is 0 Å². The molecule has 1 amide bonds. The van der Waals surface area contributed by atoms with Crippen molar-refractivity contribution in [1.29, 1.82) is 0 Å². The molecule has 0 fully saturated rings. The molecule has 0 aliphatic rings. The number of aliphatic hydroxyl groups is 1. The van der Waals surface area contributed by atoms with Gasteiger partial charge in [-0.25, -0.2) is 0 Å². The number of benzene rings is 1. The zero-order chi connectivity index (χ0) is 19.1. The van der Waals surface area contributed by atoms with Gasteiger partial charge >= 0.3 is 0 Å². The third-order valence-corrected chi connectivity index (χ3v) is 3.57. The molecule has 0 aliphatic heterocycles. The number of aliphatic hydroxyl groups excluding tert-OH is 1. The van der Waals surface area contributed by atoms with Gasteiger partial charge in [-0.05, 0) is 43.2 Å². The van der Waals surface area contributed by atoms with Gasteiger partial charge in [0.05, 0.1) is 0 Å². The Morgan fingerprint density at radius 1 is 1.27 bits per heavy atom. The van der Waals surface area contributed by atoms with Gasteiger partial charge < -0.3 is 20.1 Å². The monoisotopic (exact) mass is 431 g/mol. The average molecular weight is 431 g/mol. The SMILES string of the molecule is C=C(/C=c1/c(-c2cc(C)cc(O)c2)cn(C)/c1=C/C)NC(C)=O.CO.[Y]. The summed E-state index contributed by atoms with van der Waals surface area (Å²) in [5, 5.41) is 21.6. The number of nitrogens with zero attached hydrogens (tertiary/aromatic N) is 1. The predicted molar refractivity (Wildman–Crippen MR) is 102 cm³/mol. The molecular weight excluding hydrogens is 405 g/mol. The van der Waals surface area contributed by atoms with Crippen molar-refractivity contribution in [1.82, 2.24) is 9.88 Å². The Hall–Kier alpha value is -1.69. The Morgan fingerprint density at radius 2 is 1.88 bits per heavy atom. The fourth-order valence-corrected chi connectivity index (χ4v) is 2.76. The Morgan fingerprint density at radius 3 is 2.38 bits per heavy atom. The number of aryl methyl sites for hydroxylation is 2. The number of carbonyl (C=O) groups is 1. The topological polar surface area (TPSA) is 74.5 Å². The fourth-order valence-electron chi connectivity index (χ4n) is 2.76. The van der Waals surface area contributed by atoms with Gasteiger partial charge in [-0.15, -0.1) is 0 Å². The van der Waals surface area contributed by atoms with Gasteiger partial charge in [0.2, 0.25) is 5.91 Å². The number of allylic oxidation sites excluding steroid dienone is 1. The van der Waals surface area contributed by atoms with Crippen LogP contribution in [0.5, 0.6) is 5.75 Å². The zero-order valence-electron chi connectivity index (χ0n) is 16.0. The maximum Gasteiger partial charge on any atom is 0.221 e. The molecule has 2 rings (SSSR count). The molecule has 3 N–H and O–H groups in total. The second-order valence-corrected chi connectivity index (χ2v) is 5.65. The van der Waals surface area contributed by atoms with E-state index in [-0.39, 0.29) is 44.4 Å². The molecule has 6 heteroatoms. The number of aromatic nitrogens is 1. The molecule has 0 saturated carbocycles. The molecule has 0 aliphatic carbocycles. The average Bonchev–Trinajstić information content (AvgIpc) is 2.83. The largest absolute Gasteiger partial charge is 0.508 e. The summed E-state index contributed by atoms with van der Waals surface area (Å²) in [6, 6.07) is 5.48. The first-order valence-electron chi connectivity index (χ1n) is 7.87. The third-order valence-electron chi connectivity index (χ3n) is 3.57. The molecule has 0 saturated heterocycles. The van der Waals surface area contributed by atoms with Gasteiger partial charge in [0.25, 0.3) is 0 Å². The van der Waals surface area contributed by atoms with Crippen LogP contribution in [0.15, 0.2) is 36.7 Å². The summed E-state index contributed by atoms with van der Waals surface area (Å²) in [5.74, 6) is 0.0801. The summed E-state index contributed by atoms with van der Waals surface area (Å²) in [4.78, 5) is 11.2. The molecule has 1 aromatic heterocycles. The maximum atomic E-state index is 11.2.